The number of hydrogen-bond acceptors (Lipinski definition) is 3. The zero-order valence-corrected chi connectivity index (χ0v) is 10.6. The Morgan fingerprint density at radius 2 is 2.11 bits per heavy atom. The molecule has 0 bridgehead atoms. The average molecular weight is 283 g/mol. The van der Waals surface area contributed by atoms with Crippen molar-refractivity contribution in [3.8, 4) is 0 Å². The number of benzene rings is 1. The first-order valence-electron chi connectivity index (χ1n) is 5.52. The van der Waals surface area contributed by atoms with Crippen LogP contribution in [0.15, 0.2) is 18.2 Å². The van der Waals surface area contributed by atoms with Crippen LogP contribution < -0.4 is 10.6 Å². The van der Waals surface area contributed by atoms with E-state index in [0.29, 0.717) is 5.69 Å². The number of nitrogens with zero attached hydrogens (tertiary/aromatic N) is 1. The molecule has 1 fully saturated rings. The largest absolute Gasteiger partial charge is 0.478 e. The van der Waals surface area contributed by atoms with Crippen molar-refractivity contribution in [1.82, 2.24) is 0 Å². The molecule has 1 aromatic rings. The Hall–Kier alpha value is -2.08. The van der Waals surface area contributed by atoms with Crippen LogP contribution in [0, 0.1) is 5.92 Å². The van der Waals surface area contributed by atoms with Crippen molar-refractivity contribution in [2.45, 2.75) is 6.42 Å². The molecule has 1 aromatic carbocycles. The molecule has 7 heteroatoms. The van der Waals surface area contributed by atoms with Crippen LogP contribution in [0.25, 0.3) is 0 Å². The number of primary amides is 1. The highest BCUT2D eigenvalue weighted by atomic mass is 35.5. The molecule has 2 rings (SSSR count). The Morgan fingerprint density at radius 3 is 2.63 bits per heavy atom. The maximum atomic E-state index is 11.8. The summed E-state index contributed by atoms with van der Waals surface area (Å²) in [5.74, 6) is -2.52. The van der Waals surface area contributed by atoms with Crippen molar-refractivity contribution in [2.75, 3.05) is 11.4 Å². The Kier molecular flexibility index (Phi) is 3.44. The molecule has 6 nitrogen and oxygen atoms in total. The molecule has 0 aromatic heterocycles. The first kappa shape index (κ1) is 13.4. The molecule has 1 aliphatic rings. The fourth-order valence-electron chi connectivity index (χ4n) is 1.99. The van der Waals surface area contributed by atoms with E-state index in [1.807, 2.05) is 0 Å². The maximum absolute atomic E-state index is 11.8. The van der Waals surface area contributed by atoms with Gasteiger partial charge in [-0.1, -0.05) is 11.6 Å². The second kappa shape index (κ2) is 4.89. The van der Waals surface area contributed by atoms with E-state index in [9.17, 15) is 14.4 Å². The number of amides is 2. The van der Waals surface area contributed by atoms with Gasteiger partial charge in [-0.25, -0.2) is 4.79 Å². The van der Waals surface area contributed by atoms with Crippen LogP contribution in [0.3, 0.4) is 0 Å². The van der Waals surface area contributed by atoms with Gasteiger partial charge < -0.3 is 15.7 Å². The van der Waals surface area contributed by atoms with Crippen molar-refractivity contribution >= 4 is 35.1 Å². The molecule has 100 valence electrons. The third-order valence-corrected chi connectivity index (χ3v) is 3.35. The first-order chi connectivity index (χ1) is 8.90. The number of hydrogen-bond donors (Lipinski definition) is 2. The lowest BCUT2D eigenvalue weighted by molar-refractivity contribution is -0.123. The lowest BCUT2D eigenvalue weighted by Crippen LogP contribution is -2.28. The van der Waals surface area contributed by atoms with Gasteiger partial charge in [-0.05, 0) is 18.2 Å². The van der Waals surface area contributed by atoms with Crippen LogP contribution in [0.5, 0.6) is 0 Å². The van der Waals surface area contributed by atoms with Gasteiger partial charge >= 0.3 is 5.97 Å². The summed E-state index contributed by atoms with van der Waals surface area (Å²) in [6.07, 6.45) is 0.0420. The van der Waals surface area contributed by atoms with E-state index < -0.39 is 17.8 Å². The van der Waals surface area contributed by atoms with Gasteiger partial charge in [0.15, 0.2) is 0 Å². The Morgan fingerprint density at radius 1 is 1.42 bits per heavy atom. The summed E-state index contributed by atoms with van der Waals surface area (Å²) >= 11 is 5.76. The predicted molar refractivity (Wildman–Crippen MR) is 68.1 cm³/mol. The SMILES string of the molecule is NC(=O)C1CC(=O)N(c2ccc(Cl)c(C(=O)O)c2)C1. The normalized spacial score (nSPS) is 18.7. The molecule has 1 atom stereocenters. The molecule has 2 amide bonds. The smallest absolute Gasteiger partial charge is 0.337 e. The van der Waals surface area contributed by atoms with Gasteiger partial charge in [-0.2, -0.15) is 0 Å². The fraction of sp³-hybridized carbons (Fsp3) is 0.250. The van der Waals surface area contributed by atoms with Crippen LogP contribution >= 0.6 is 11.6 Å². The molecule has 1 aliphatic heterocycles. The standard InChI is InChI=1S/C12H11ClN2O4/c13-9-2-1-7(4-8(9)12(18)19)15-5-6(11(14)17)3-10(15)16/h1-2,4,6H,3,5H2,(H2,14,17)(H,18,19). The second-order valence-corrected chi connectivity index (χ2v) is 4.68. The number of anilines is 1. The molecule has 1 saturated heterocycles. The third-order valence-electron chi connectivity index (χ3n) is 3.02. The number of aromatic carboxylic acids is 1. The summed E-state index contributed by atoms with van der Waals surface area (Å²) in [6, 6.07) is 4.26. The minimum Gasteiger partial charge on any atom is -0.478 e. The van der Waals surface area contributed by atoms with E-state index in [4.69, 9.17) is 22.4 Å². The Balaban J connectivity index is 2.33. The van der Waals surface area contributed by atoms with Crippen molar-refractivity contribution in [2.24, 2.45) is 11.7 Å². The van der Waals surface area contributed by atoms with Gasteiger partial charge in [0.25, 0.3) is 0 Å². The van der Waals surface area contributed by atoms with Crippen LogP contribution in [0.4, 0.5) is 5.69 Å². The van der Waals surface area contributed by atoms with Crippen LogP contribution in [-0.2, 0) is 9.59 Å². The summed E-state index contributed by atoms with van der Waals surface area (Å²) in [4.78, 5) is 35.2. The molecule has 0 radical (unpaired) electrons. The summed E-state index contributed by atoms with van der Waals surface area (Å²) in [5, 5.41) is 9.07. The van der Waals surface area contributed by atoms with Gasteiger partial charge in [0.1, 0.15) is 0 Å². The van der Waals surface area contributed by atoms with Gasteiger partial charge in [0.05, 0.1) is 16.5 Å². The number of carboxylic acid groups (broad SMARTS) is 1. The van der Waals surface area contributed by atoms with Crippen LogP contribution in [0.2, 0.25) is 5.02 Å². The monoisotopic (exact) mass is 282 g/mol. The van der Waals surface area contributed by atoms with E-state index in [1.54, 1.807) is 0 Å². The minimum atomic E-state index is -1.18. The maximum Gasteiger partial charge on any atom is 0.337 e. The first-order valence-corrected chi connectivity index (χ1v) is 5.90. The van der Waals surface area contributed by atoms with Gasteiger partial charge in [-0.3, -0.25) is 9.59 Å². The highest BCUT2D eigenvalue weighted by molar-refractivity contribution is 6.33. The number of rotatable bonds is 3. The molecule has 0 aliphatic carbocycles. The van der Waals surface area contributed by atoms with E-state index in [2.05, 4.69) is 0 Å². The highest BCUT2D eigenvalue weighted by Gasteiger charge is 2.34. The summed E-state index contributed by atoms with van der Waals surface area (Å²) < 4.78 is 0. The number of halogens is 1. The highest BCUT2D eigenvalue weighted by Crippen LogP contribution is 2.28. The lowest BCUT2D eigenvalue weighted by atomic mass is 10.1. The predicted octanol–water partition coefficient (Wildman–Crippen LogP) is 0.876. The van der Waals surface area contributed by atoms with Gasteiger partial charge in [0.2, 0.25) is 11.8 Å². The summed E-state index contributed by atoms with van der Waals surface area (Å²) in [7, 11) is 0. The Labute approximate surface area is 113 Å². The zero-order chi connectivity index (χ0) is 14.2. The number of carboxylic acids is 1. The number of carbonyl (C=O) groups excluding carboxylic acids is 2. The molecule has 3 N–H and O–H groups in total. The van der Waals surface area contributed by atoms with Crippen molar-refractivity contribution in [3.63, 3.8) is 0 Å². The minimum absolute atomic E-state index is 0.0420. The van der Waals surface area contributed by atoms with Crippen molar-refractivity contribution in [1.29, 1.82) is 0 Å². The lowest BCUT2D eigenvalue weighted by Gasteiger charge is -2.17. The van der Waals surface area contributed by atoms with E-state index in [-0.39, 0.29) is 29.5 Å². The van der Waals surface area contributed by atoms with E-state index in [0.717, 1.165) is 0 Å². The van der Waals surface area contributed by atoms with Crippen LogP contribution in [0.1, 0.15) is 16.8 Å². The molecule has 1 heterocycles. The van der Waals surface area contributed by atoms with Crippen LogP contribution in [-0.4, -0.2) is 29.4 Å². The average Bonchev–Trinajstić information content (AvgIpc) is 2.72. The molecular formula is C12H11ClN2O4. The summed E-state index contributed by atoms with van der Waals surface area (Å²) in [5.41, 5.74) is 5.48. The quantitative estimate of drug-likeness (QED) is 0.859. The van der Waals surface area contributed by atoms with E-state index in [1.165, 1.54) is 23.1 Å². The molecule has 19 heavy (non-hydrogen) atoms. The number of carbonyl (C=O) groups is 3. The topological polar surface area (TPSA) is 101 Å². The molecule has 0 saturated carbocycles. The van der Waals surface area contributed by atoms with Gasteiger partial charge in [0, 0.05) is 18.7 Å². The Bertz CT molecular complexity index is 573. The molecule has 1 unspecified atom stereocenters. The van der Waals surface area contributed by atoms with Crippen molar-refractivity contribution in [3.05, 3.63) is 28.8 Å². The van der Waals surface area contributed by atoms with E-state index >= 15 is 0 Å². The number of nitrogens with two attached hydrogens (primary N) is 1. The third kappa shape index (κ3) is 2.53. The fourth-order valence-corrected chi connectivity index (χ4v) is 2.19. The summed E-state index contributed by atoms with van der Waals surface area (Å²) in [6.45, 7) is 0.162. The second-order valence-electron chi connectivity index (χ2n) is 4.28. The zero-order valence-electron chi connectivity index (χ0n) is 9.80. The molecule has 0 spiro atoms. The molecular weight excluding hydrogens is 272 g/mol. The van der Waals surface area contributed by atoms with Gasteiger partial charge in [-0.15, -0.1) is 0 Å². The van der Waals surface area contributed by atoms with Crippen molar-refractivity contribution < 1.29 is 19.5 Å².